The van der Waals surface area contributed by atoms with Gasteiger partial charge < -0.3 is 4.74 Å². The normalized spacial score (nSPS) is 10.4. The summed E-state index contributed by atoms with van der Waals surface area (Å²) < 4.78 is 5.09. The molecule has 0 amide bonds. The average Bonchev–Trinajstić information content (AvgIpc) is 2.36. The van der Waals surface area contributed by atoms with Gasteiger partial charge in [-0.05, 0) is 19.4 Å². The second kappa shape index (κ2) is 5.22. The van der Waals surface area contributed by atoms with Crippen molar-refractivity contribution in [3.63, 3.8) is 0 Å². The minimum atomic E-state index is -0.0722. The summed E-state index contributed by atoms with van der Waals surface area (Å²) in [5, 5.41) is 0. The van der Waals surface area contributed by atoms with Crippen LogP contribution >= 0.6 is 0 Å². The van der Waals surface area contributed by atoms with Gasteiger partial charge in [0.2, 0.25) is 5.43 Å². The Morgan fingerprint density at radius 3 is 2.71 bits per heavy atom. The maximum atomic E-state index is 11.5. The van der Waals surface area contributed by atoms with Gasteiger partial charge in [-0.3, -0.25) is 4.79 Å². The van der Waals surface area contributed by atoms with Crippen molar-refractivity contribution in [1.82, 2.24) is 0 Å². The highest BCUT2D eigenvalue weighted by atomic mass is 16.5. The van der Waals surface area contributed by atoms with Crippen LogP contribution in [-0.4, -0.2) is 7.11 Å². The van der Waals surface area contributed by atoms with Crippen LogP contribution in [0.25, 0.3) is 0 Å². The molecule has 0 unspecified atom stereocenters. The summed E-state index contributed by atoms with van der Waals surface area (Å²) in [6.45, 7) is 1.95. The van der Waals surface area contributed by atoms with Crippen LogP contribution in [-0.2, 0) is 6.42 Å². The van der Waals surface area contributed by atoms with Gasteiger partial charge in [-0.1, -0.05) is 30.4 Å². The smallest absolute Gasteiger partial charge is 0.220 e. The molecule has 0 heterocycles. The van der Waals surface area contributed by atoms with E-state index in [1.54, 1.807) is 6.07 Å². The van der Waals surface area contributed by atoms with Crippen LogP contribution in [0, 0.1) is 0 Å². The van der Waals surface area contributed by atoms with E-state index in [1.165, 1.54) is 13.2 Å². The number of rotatable bonds is 3. The largest absolute Gasteiger partial charge is 0.492 e. The molecular weight excluding hydrogens is 176 g/mol. The van der Waals surface area contributed by atoms with Gasteiger partial charge in [0.05, 0.1) is 7.11 Å². The van der Waals surface area contributed by atoms with Crippen molar-refractivity contribution in [2.24, 2.45) is 0 Å². The third kappa shape index (κ3) is 2.46. The lowest BCUT2D eigenvalue weighted by atomic mass is 10.2. The van der Waals surface area contributed by atoms with Gasteiger partial charge >= 0.3 is 0 Å². The molecule has 1 aromatic rings. The maximum absolute atomic E-state index is 11.5. The van der Waals surface area contributed by atoms with Crippen molar-refractivity contribution < 1.29 is 4.74 Å². The van der Waals surface area contributed by atoms with Crippen LogP contribution in [0.5, 0.6) is 5.75 Å². The van der Waals surface area contributed by atoms with E-state index >= 15 is 0 Å². The lowest BCUT2D eigenvalue weighted by Crippen LogP contribution is -2.03. The zero-order valence-electron chi connectivity index (χ0n) is 8.49. The molecule has 2 heteroatoms. The molecule has 2 nitrogen and oxygen atoms in total. The van der Waals surface area contributed by atoms with Crippen LogP contribution in [0.4, 0.5) is 0 Å². The fourth-order valence-corrected chi connectivity index (χ4v) is 1.26. The molecule has 1 aromatic carbocycles. The minimum absolute atomic E-state index is 0.0722. The standard InChI is InChI=1S/C12H14O2/c1-3-4-7-10-8-5-6-9-11(13)12(10)14-2/h3-6,8-9H,7H2,1-2H3/b4-3-. The molecule has 0 saturated carbocycles. The van der Waals surface area contributed by atoms with Crippen molar-refractivity contribution in [3.05, 3.63) is 52.2 Å². The highest BCUT2D eigenvalue weighted by molar-refractivity contribution is 5.33. The predicted octanol–water partition coefficient (Wildman–Crippen LogP) is 2.17. The number of methoxy groups -OCH3 is 1. The highest BCUT2D eigenvalue weighted by Crippen LogP contribution is 2.12. The summed E-state index contributed by atoms with van der Waals surface area (Å²) in [4.78, 5) is 11.5. The average molecular weight is 190 g/mol. The van der Waals surface area contributed by atoms with E-state index in [4.69, 9.17) is 4.74 Å². The van der Waals surface area contributed by atoms with Gasteiger partial charge in [0.25, 0.3) is 0 Å². The quantitative estimate of drug-likeness (QED) is 0.683. The van der Waals surface area contributed by atoms with E-state index in [0.717, 1.165) is 12.0 Å². The van der Waals surface area contributed by atoms with Gasteiger partial charge in [-0.15, -0.1) is 0 Å². The van der Waals surface area contributed by atoms with E-state index in [2.05, 4.69) is 0 Å². The summed E-state index contributed by atoms with van der Waals surface area (Å²) in [7, 11) is 1.52. The number of allylic oxidation sites excluding steroid dienone is 2. The van der Waals surface area contributed by atoms with E-state index < -0.39 is 0 Å². The molecule has 0 aliphatic heterocycles. The van der Waals surface area contributed by atoms with Gasteiger partial charge in [-0.2, -0.15) is 0 Å². The number of hydrogen-bond donors (Lipinski definition) is 0. The lowest BCUT2D eigenvalue weighted by molar-refractivity contribution is 0.407. The summed E-state index contributed by atoms with van der Waals surface area (Å²) in [6.07, 6.45) is 4.68. The van der Waals surface area contributed by atoms with Crippen molar-refractivity contribution >= 4 is 0 Å². The molecule has 0 radical (unpaired) electrons. The van der Waals surface area contributed by atoms with E-state index in [-0.39, 0.29) is 5.43 Å². The molecule has 14 heavy (non-hydrogen) atoms. The van der Waals surface area contributed by atoms with Crippen LogP contribution in [0.1, 0.15) is 12.5 Å². The fourth-order valence-electron chi connectivity index (χ4n) is 1.26. The summed E-state index contributed by atoms with van der Waals surface area (Å²) in [5.41, 5.74) is 0.845. The zero-order valence-corrected chi connectivity index (χ0v) is 8.49. The van der Waals surface area contributed by atoms with Crippen LogP contribution in [0.15, 0.2) is 41.2 Å². The van der Waals surface area contributed by atoms with Gasteiger partial charge in [0.15, 0.2) is 5.75 Å². The third-order valence-electron chi connectivity index (χ3n) is 1.95. The van der Waals surface area contributed by atoms with Crippen molar-refractivity contribution in [3.8, 4) is 5.75 Å². The van der Waals surface area contributed by atoms with E-state index in [0.29, 0.717) is 5.75 Å². The fraction of sp³-hybridized carbons (Fsp3) is 0.250. The molecule has 1 rings (SSSR count). The van der Waals surface area contributed by atoms with Crippen LogP contribution < -0.4 is 10.2 Å². The zero-order chi connectivity index (χ0) is 10.4. The topological polar surface area (TPSA) is 26.3 Å². The Bertz CT molecular complexity index is 380. The summed E-state index contributed by atoms with van der Waals surface area (Å²) in [6, 6.07) is 6.99. The SMILES string of the molecule is C/C=C\Cc1ccccc(=O)c1OC. The van der Waals surface area contributed by atoms with Crippen LogP contribution in [0.3, 0.4) is 0 Å². The Labute approximate surface area is 83.9 Å². The summed E-state index contributed by atoms with van der Waals surface area (Å²) in [5.74, 6) is 0.438. The van der Waals surface area contributed by atoms with Gasteiger partial charge in [-0.25, -0.2) is 0 Å². The van der Waals surface area contributed by atoms with Crippen molar-refractivity contribution in [1.29, 1.82) is 0 Å². The molecule has 0 aliphatic carbocycles. The lowest BCUT2D eigenvalue weighted by Gasteiger charge is -2.00. The molecule has 0 N–H and O–H groups in total. The molecule has 0 aromatic heterocycles. The van der Waals surface area contributed by atoms with E-state index in [1.807, 2.05) is 31.2 Å². The monoisotopic (exact) mass is 190 g/mol. The molecule has 74 valence electrons. The molecule has 0 aliphatic rings. The third-order valence-corrected chi connectivity index (χ3v) is 1.95. The Morgan fingerprint density at radius 1 is 1.36 bits per heavy atom. The first-order chi connectivity index (χ1) is 6.79. The molecule has 0 bridgehead atoms. The molecule has 0 atom stereocenters. The Kier molecular flexibility index (Phi) is 3.92. The first-order valence-corrected chi connectivity index (χ1v) is 4.57. The maximum Gasteiger partial charge on any atom is 0.220 e. The Hall–Kier alpha value is -1.57. The predicted molar refractivity (Wildman–Crippen MR) is 57.8 cm³/mol. The highest BCUT2D eigenvalue weighted by Gasteiger charge is 2.02. The molecule has 0 spiro atoms. The van der Waals surface area contributed by atoms with E-state index in [9.17, 15) is 4.79 Å². The first kappa shape index (κ1) is 10.5. The Balaban J connectivity index is 3.21. The van der Waals surface area contributed by atoms with Gasteiger partial charge in [0, 0.05) is 5.56 Å². The van der Waals surface area contributed by atoms with Crippen molar-refractivity contribution in [2.45, 2.75) is 13.3 Å². The Morgan fingerprint density at radius 2 is 2.07 bits per heavy atom. The van der Waals surface area contributed by atoms with Crippen LogP contribution in [0.2, 0.25) is 0 Å². The first-order valence-electron chi connectivity index (χ1n) is 4.57. The second-order valence-electron chi connectivity index (χ2n) is 2.91. The number of ether oxygens (including phenoxy) is 1. The number of hydrogen-bond acceptors (Lipinski definition) is 2. The molecular formula is C12H14O2. The molecule has 0 saturated heterocycles. The molecule has 0 fully saturated rings. The summed E-state index contributed by atoms with van der Waals surface area (Å²) >= 11 is 0. The second-order valence-corrected chi connectivity index (χ2v) is 2.91. The minimum Gasteiger partial charge on any atom is -0.492 e. The van der Waals surface area contributed by atoms with Gasteiger partial charge in [0.1, 0.15) is 0 Å². The van der Waals surface area contributed by atoms with Crippen molar-refractivity contribution in [2.75, 3.05) is 7.11 Å².